The standard InChI is InChI=1S/C30H20Br4Cl2O2S/c31-23-9-3-21(4-10-23)29(15-7-19-1-13-25(33)17-27(19)35)39(37,38)30(22-5-11-24(32)12-6-22)16-8-20-2-14-26(34)18-28(20)36/h1-18,29-30H. The van der Waals surface area contributed by atoms with Gasteiger partial charge in [0.1, 0.15) is 10.5 Å². The van der Waals surface area contributed by atoms with E-state index in [0.717, 1.165) is 29.0 Å². The third kappa shape index (κ3) is 7.97. The smallest absolute Gasteiger partial charge is 0.171 e. The number of benzene rings is 4. The summed E-state index contributed by atoms with van der Waals surface area (Å²) in [6, 6.07) is 25.6. The van der Waals surface area contributed by atoms with Gasteiger partial charge in [0, 0.05) is 27.9 Å². The van der Waals surface area contributed by atoms with Gasteiger partial charge in [-0.15, -0.1) is 0 Å². The van der Waals surface area contributed by atoms with Crippen LogP contribution in [0.3, 0.4) is 0 Å². The fourth-order valence-electron chi connectivity index (χ4n) is 3.94. The van der Waals surface area contributed by atoms with Crippen molar-refractivity contribution in [2.75, 3.05) is 0 Å². The maximum Gasteiger partial charge on any atom is 0.171 e. The lowest BCUT2D eigenvalue weighted by Gasteiger charge is -2.22. The van der Waals surface area contributed by atoms with Crippen molar-refractivity contribution in [3.63, 3.8) is 0 Å². The number of hydrogen-bond donors (Lipinski definition) is 0. The highest BCUT2D eigenvalue weighted by atomic mass is 79.9. The molecule has 9 heteroatoms. The molecule has 4 rings (SSSR count). The average molecular weight is 835 g/mol. The number of rotatable bonds is 8. The van der Waals surface area contributed by atoms with E-state index < -0.39 is 20.3 Å². The van der Waals surface area contributed by atoms with Crippen molar-refractivity contribution in [2.45, 2.75) is 10.5 Å². The zero-order valence-corrected chi connectivity index (χ0v) is 28.7. The summed E-state index contributed by atoms with van der Waals surface area (Å²) >= 11 is 26.6. The molecule has 0 spiro atoms. The average Bonchev–Trinajstić information content (AvgIpc) is 2.88. The van der Waals surface area contributed by atoms with Crippen LogP contribution in [-0.2, 0) is 9.84 Å². The Morgan fingerprint density at radius 3 is 1.21 bits per heavy atom. The quantitative estimate of drug-likeness (QED) is 0.177. The number of halogens is 6. The molecular formula is C30H20Br4Cl2O2S. The summed E-state index contributed by atoms with van der Waals surface area (Å²) < 4.78 is 32.4. The zero-order valence-electron chi connectivity index (χ0n) is 20.0. The van der Waals surface area contributed by atoms with Crippen molar-refractivity contribution < 1.29 is 8.42 Å². The van der Waals surface area contributed by atoms with E-state index in [-0.39, 0.29) is 0 Å². The topological polar surface area (TPSA) is 34.1 Å². The van der Waals surface area contributed by atoms with Crippen molar-refractivity contribution in [1.29, 1.82) is 0 Å². The minimum absolute atomic E-state index is 0.516. The molecule has 0 N–H and O–H groups in total. The zero-order chi connectivity index (χ0) is 28.2. The molecule has 39 heavy (non-hydrogen) atoms. The van der Waals surface area contributed by atoms with Crippen molar-refractivity contribution in [3.8, 4) is 0 Å². The van der Waals surface area contributed by atoms with Gasteiger partial charge in [-0.05, 0) is 70.8 Å². The molecule has 0 saturated carbocycles. The molecule has 0 heterocycles. The summed E-state index contributed by atoms with van der Waals surface area (Å²) in [4.78, 5) is 0. The summed E-state index contributed by atoms with van der Waals surface area (Å²) in [7, 11) is -3.89. The van der Waals surface area contributed by atoms with E-state index in [9.17, 15) is 8.42 Å². The molecule has 0 aromatic heterocycles. The molecule has 0 fully saturated rings. The Bertz CT molecular complexity index is 1520. The third-order valence-corrected chi connectivity index (χ3v) is 10.9. The van der Waals surface area contributed by atoms with Gasteiger partial charge in [-0.3, -0.25) is 0 Å². The van der Waals surface area contributed by atoms with Gasteiger partial charge in [0.15, 0.2) is 9.84 Å². The summed E-state index contributed by atoms with van der Waals surface area (Å²) in [5.74, 6) is 0. The molecule has 0 aliphatic carbocycles. The Morgan fingerprint density at radius 1 is 0.538 bits per heavy atom. The summed E-state index contributed by atoms with van der Waals surface area (Å²) in [5.41, 5.74) is 2.71. The second kappa shape index (κ2) is 13.6. The fourth-order valence-corrected chi connectivity index (χ4v) is 7.92. The highest BCUT2D eigenvalue weighted by molar-refractivity contribution is 9.11. The minimum atomic E-state index is -3.89. The maximum absolute atomic E-state index is 14.5. The normalized spacial score (nSPS) is 13.7. The molecule has 0 aliphatic heterocycles. The lowest BCUT2D eigenvalue weighted by atomic mass is 10.1. The second-order valence-electron chi connectivity index (χ2n) is 8.58. The van der Waals surface area contributed by atoms with Gasteiger partial charge in [-0.25, -0.2) is 8.42 Å². The van der Waals surface area contributed by atoms with Gasteiger partial charge >= 0.3 is 0 Å². The molecule has 0 radical (unpaired) electrons. The van der Waals surface area contributed by atoms with Crippen LogP contribution in [0.2, 0.25) is 10.0 Å². The van der Waals surface area contributed by atoms with Crippen LogP contribution in [0.25, 0.3) is 12.2 Å². The first-order chi connectivity index (χ1) is 18.5. The predicted molar refractivity (Wildman–Crippen MR) is 179 cm³/mol. The molecule has 2 unspecified atom stereocenters. The van der Waals surface area contributed by atoms with Crippen LogP contribution in [0.15, 0.2) is 115 Å². The Labute approximate surface area is 272 Å². The Morgan fingerprint density at radius 2 is 0.872 bits per heavy atom. The molecule has 0 bridgehead atoms. The molecule has 4 aromatic carbocycles. The van der Waals surface area contributed by atoms with E-state index >= 15 is 0 Å². The fraction of sp³-hybridized carbons (Fsp3) is 0.0667. The van der Waals surface area contributed by atoms with Gasteiger partial charge in [0.05, 0.1) is 0 Å². The van der Waals surface area contributed by atoms with Gasteiger partial charge in [-0.2, -0.15) is 0 Å². The van der Waals surface area contributed by atoms with Crippen LogP contribution < -0.4 is 0 Å². The largest absolute Gasteiger partial charge is 0.227 e. The molecule has 4 aromatic rings. The van der Waals surface area contributed by atoms with Crippen LogP contribution in [0.5, 0.6) is 0 Å². The molecule has 200 valence electrons. The van der Waals surface area contributed by atoms with Crippen LogP contribution in [0, 0.1) is 0 Å². The van der Waals surface area contributed by atoms with E-state index in [1.165, 1.54) is 0 Å². The van der Waals surface area contributed by atoms with Crippen molar-refractivity contribution in [2.24, 2.45) is 0 Å². The van der Waals surface area contributed by atoms with Crippen molar-refractivity contribution in [1.82, 2.24) is 0 Å². The highest BCUT2D eigenvalue weighted by Gasteiger charge is 2.33. The Kier molecular flexibility index (Phi) is 10.8. The number of sulfone groups is 1. The summed E-state index contributed by atoms with van der Waals surface area (Å²) in [5, 5.41) is -0.878. The van der Waals surface area contributed by atoms with Gasteiger partial charge in [0.25, 0.3) is 0 Å². The van der Waals surface area contributed by atoms with E-state index in [1.54, 1.807) is 36.4 Å². The van der Waals surface area contributed by atoms with Gasteiger partial charge in [0.2, 0.25) is 0 Å². The SMILES string of the molecule is O=S(=O)(C(C=Cc1ccc(Br)cc1Cl)c1ccc(Br)cc1)C(C=Cc1ccc(Br)cc1Cl)c1ccc(Br)cc1. The van der Waals surface area contributed by atoms with E-state index in [0.29, 0.717) is 21.2 Å². The molecule has 2 atom stereocenters. The van der Waals surface area contributed by atoms with Crippen molar-refractivity contribution in [3.05, 3.63) is 147 Å². The second-order valence-corrected chi connectivity index (χ2v) is 15.3. The predicted octanol–water partition coefficient (Wildman–Crippen LogP) is 11.7. The maximum atomic E-state index is 14.5. The van der Waals surface area contributed by atoms with Gasteiger partial charge < -0.3 is 0 Å². The van der Waals surface area contributed by atoms with Crippen LogP contribution in [0.1, 0.15) is 32.8 Å². The Hall–Kier alpha value is -1.19. The molecular weight excluding hydrogens is 815 g/mol. The first kappa shape index (κ1) is 30.8. The van der Waals surface area contributed by atoms with Crippen LogP contribution >= 0.6 is 86.9 Å². The van der Waals surface area contributed by atoms with E-state index in [4.69, 9.17) is 23.2 Å². The van der Waals surface area contributed by atoms with E-state index in [2.05, 4.69) is 63.7 Å². The lowest BCUT2D eigenvalue weighted by molar-refractivity contribution is 0.584. The monoisotopic (exact) mass is 830 g/mol. The summed E-state index contributed by atoms with van der Waals surface area (Å²) in [6.45, 7) is 0. The van der Waals surface area contributed by atoms with Crippen LogP contribution in [0.4, 0.5) is 0 Å². The summed E-state index contributed by atoms with van der Waals surface area (Å²) in [6.07, 6.45) is 6.90. The first-order valence-corrected chi connectivity index (χ1v) is 17.1. The van der Waals surface area contributed by atoms with Gasteiger partial charge in [-0.1, -0.05) is 148 Å². The lowest BCUT2D eigenvalue weighted by Crippen LogP contribution is -2.19. The molecule has 0 amide bonds. The first-order valence-electron chi connectivity index (χ1n) is 11.5. The molecule has 0 aliphatic rings. The Balaban J connectivity index is 1.85. The van der Waals surface area contributed by atoms with E-state index in [1.807, 2.05) is 72.8 Å². The molecule has 2 nitrogen and oxygen atoms in total. The van der Waals surface area contributed by atoms with Crippen molar-refractivity contribution >= 4 is 109 Å². The highest BCUT2D eigenvalue weighted by Crippen LogP contribution is 2.39. The third-order valence-electron chi connectivity index (χ3n) is 5.93. The minimum Gasteiger partial charge on any atom is -0.227 e. The number of hydrogen-bond acceptors (Lipinski definition) is 2. The van der Waals surface area contributed by atoms with Crippen LogP contribution in [-0.4, -0.2) is 8.42 Å². The molecule has 0 saturated heterocycles.